The van der Waals surface area contributed by atoms with Crippen molar-refractivity contribution in [3.8, 4) is 0 Å². The first-order chi connectivity index (χ1) is 4.84. The Kier molecular flexibility index (Phi) is 3.69. The second kappa shape index (κ2) is 3.83. The predicted molar refractivity (Wildman–Crippen MR) is 44.5 cm³/mol. The van der Waals surface area contributed by atoms with Gasteiger partial charge in [0.2, 0.25) is 0 Å². The van der Waals surface area contributed by atoms with E-state index in [1.54, 1.807) is 0 Å². The number of nitrogens with zero attached hydrogens (tertiary/aromatic N) is 1. The molecule has 0 amide bonds. The minimum absolute atomic E-state index is 0.105. The fourth-order valence-electron chi connectivity index (χ4n) is 0.631. The molecule has 0 aromatic carbocycles. The third-order valence-corrected chi connectivity index (χ3v) is 1.47. The molecule has 0 saturated carbocycles. The normalized spacial score (nSPS) is 12.2. The van der Waals surface area contributed by atoms with E-state index in [0.717, 1.165) is 0 Å². The van der Waals surface area contributed by atoms with E-state index in [0.29, 0.717) is 13.0 Å². The lowest BCUT2D eigenvalue weighted by atomic mass is 10.0. The molecule has 0 atom stereocenters. The highest BCUT2D eigenvalue weighted by Gasteiger charge is 2.22. The van der Waals surface area contributed by atoms with Crippen LogP contribution in [0, 0.1) is 0 Å². The van der Waals surface area contributed by atoms with Gasteiger partial charge >= 0.3 is 0 Å². The highest BCUT2D eigenvalue weighted by atomic mass is 16.3. The van der Waals surface area contributed by atoms with Crippen LogP contribution >= 0.6 is 0 Å². The summed E-state index contributed by atoms with van der Waals surface area (Å²) in [5.41, 5.74) is -1.17. The molecule has 3 nitrogen and oxygen atoms in total. The molecule has 11 heavy (non-hydrogen) atoms. The van der Waals surface area contributed by atoms with Crippen molar-refractivity contribution < 1.29 is 9.90 Å². The molecule has 3 heteroatoms. The smallest absolute Gasteiger partial charge is 0.165 e. The SMILES string of the molecule is CN(C)CCC(=O)C(C)(C)O. The molecule has 0 aromatic rings. The van der Waals surface area contributed by atoms with Crippen LogP contribution in [0.25, 0.3) is 0 Å². The van der Waals surface area contributed by atoms with Crippen LogP contribution in [0.3, 0.4) is 0 Å². The van der Waals surface area contributed by atoms with Gasteiger partial charge in [-0.25, -0.2) is 0 Å². The minimum atomic E-state index is -1.17. The Labute approximate surface area is 68.0 Å². The van der Waals surface area contributed by atoms with E-state index < -0.39 is 5.60 Å². The van der Waals surface area contributed by atoms with E-state index in [1.807, 2.05) is 19.0 Å². The van der Waals surface area contributed by atoms with Crippen molar-refractivity contribution in [1.82, 2.24) is 4.90 Å². The third kappa shape index (κ3) is 4.93. The molecule has 0 aliphatic carbocycles. The van der Waals surface area contributed by atoms with Crippen molar-refractivity contribution in [3.63, 3.8) is 0 Å². The number of hydrogen-bond acceptors (Lipinski definition) is 3. The number of rotatable bonds is 4. The fraction of sp³-hybridized carbons (Fsp3) is 0.875. The summed E-state index contributed by atoms with van der Waals surface area (Å²) in [6.07, 6.45) is 0.413. The van der Waals surface area contributed by atoms with Crippen LogP contribution in [0.5, 0.6) is 0 Å². The molecule has 0 rings (SSSR count). The molecule has 0 aliphatic rings. The van der Waals surface area contributed by atoms with E-state index in [4.69, 9.17) is 0 Å². The molecule has 0 heterocycles. The van der Waals surface area contributed by atoms with E-state index in [9.17, 15) is 9.90 Å². The molecule has 0 radical (unpaired) electrons. The minimum Gasteiger partial charge on any atom is -0.383 e. The first-order valence-corrected chi connectivity index (χ1v) is 3.74. The Morgan fingerprint density at radius 1 is 1.45 bits per heavy atom. The summed E-state index contributed by atoms with van der Waals surface area (Å²) >= 11 is 0. The highest BCUT2D eigenvalue weighted by molar-refractivity contribution is 5.86. The molecule has 0 bridgehead atoms. The quantitative estimate of drug-likeness (QED) is 0.640. The van der Waals surface area contributed by atoms with Crippen molar-refractivity contribution in [2.24, 2.45) is 0 Å². The molecule has 0 saturated heterocycles. The van der Waals surface area contributed by atoms with Crippen LogP contribution in [0.15, 0.2) is 0 Å². The van der Waals surface area contributed by atoms with E-state index >= 15 is 0 Å². The molecule has 0 aromatic heterocycles. The molecular weight excluding hydrogens is 142 g/mol. The van der Waals surface area contributed by atoms with E-state index in [1.165, 1.54) is 13.8 Å². The van der Waals surface area contributed by atoms with Gasteiger partial charge in [-0.2, -0.15) is 0 Å². The average molecular weight is 159 g/mol. The maximum absolute atomic E-state index is 11.1. The molecule has 66 valence electrons. The lowest BCUT2D eigenvalue weighted by Gasteiger charge is -2.16. The van der Waals surface area contributed by atoms with Crippen molar-refractivity contribution >= 4 is 5.78 Å². The number of Topliss-reactive ketones (excluding diaryl/α,β-unsaturated/α-hetero) is 1. The lowest BCUT2D eigenvalue weighted by Crippen LogP contribution is -2.33. The van der Waals surface area contributed by atoms with Gasteiger partial charge in [0.05, 0.1) is 0 Å². The van der Waals surface area contributed by atoms with Crippen LogP contribution in [0.1, 0.15) is 20.3 Å². The van der Waals surface area contributed by atoms with Crippen molar-refractivity contribution in [2.45, 2.75) is 25.9 Å². The van der Waals surface area contributed by atoms with Crippen LogP contribution in [-0.4, -0.2) is 42.0 Å². The summed E-state index contributed by atoms with van der Waals surface area (Å²) in [4.78, 5) is 13.0. The largest absolute Gasteiger partial charge is 0.383 e. The standard InChI is InChI=1S/C8H17NO2/c1-8(2,11)7(10)5-6-9(3)4/h11H,5-6H2,1-4H3. The zero-order chi connectivity index (χ0) is 9.07. The number of aliphatic hydroxyl groups is 1. The maximum atomic E-state index is 11.1. The second-order valence-corrected chi connectivity index (χ2v) is 3.54. The van der Waals surface area contributed by atoms with Crippen molar-refractivity contribution in [2.75, 3.05) is 20.6 Å². The Bertz CT molecular complexity index is 136. The molecule has 0 spiro atoms. The number of hydrogen-bond donors (Lipinski definition) is 1. The summed E-state index contributed by atoms with van der Waals surface area (Å²) in [5, 5.41) is 9.23. The van der Waals surface area contributed by atoms with E-state index in [-0.39, 0.29) is 5.78 Å². The van der Waals surface area contributed by atoms with Gasteiger partial charge in [0, 0.05) is 13.0 Å². The predicted octanol–water partition coefficient (Wildman–Crippen LogP) is 0.278. The second-order valence-electron chi connectivity index (χ2n) is 3.54. The summed E-state index contributed by atoms with van der Waals surface area (Å²) in [5.74, 6) is -0.105. The molecule has 1 N–H and O–H groups in total. The van der Waals surface area contributed by atoms with Gasteiger partial charge in [-0.15, -0.1) is 0 Å². The zero-order valence-electron chi connectivity index (χ0n) is 7.72. The van der Waals surface area contributed by atoms with E-state index in [2.05, 4.69) is 0 Å². The number of carbonyl (C=O) groups is 1. The number of carbonyl (C=O) groups excluding carboxylic acids is 1. The Hall–Kier alpha value is -0.410. The van der Waals surface area contributed by atoms with Crippen molar-refractivity contribution in [3.05, 3.63) is 0 Å². The van der Waals surface area contributed by atoms with Crippen LogP contribution in [0.2, 0.25) is 0 Å². The van der Waals surface area contributed by atoms with Gasteiger partial charge < -0.3 is 10.0 Å². The molecule has 0 aliphatic heterocycles. The fourth-order valence-corrected chi connectivity index (χ4v) is 0.631. The van der Waals surface area contributed by atoms with Gasteiger partial charge in [0.1, 0.15) is 5.60 Å². The summed E-state index contributed by atoms with van der Waals surface area (Å²) in [7, 11) is 3.80. The van der Waals surface area contributed by atoms with Crippen LogP contribution < -0.4 is 0 Å². The monoisotopic (exact) mass is 159 g/mol. The van der Waals surface area contributed by atoms with Gasteiger partial charge in [-0.3, -0.25) is 4.79 Å². The third-order valence-electron chi connectivity index (χ3n) is 1.47. The maximum Gasteiger partial charge on any atom is 0.165 e. The Morgan fingerprint density at radius 3 is 2.18 bits per heavy atom. The van der Waals surface area contributed by atoms with Gasteiger partial charge in [-0.05, 0) is 27.9 Å². The molecule has 0 unspecified atom stereocenters. The topological polar surface area (TPSA) is 40.5 Å². The van der Waals surface area contributed by atoms with Gasteiger partial charge in [0.25, 0.3) is 0 Å². The Morgan fingerprint density at radius 2 is 1.91 bits per heavy atom. The first-order valence-electron chi connectivity index (χ1n) is 3.74. The average Bonchev–Trinajstić information content (AvgIpc) is 1.80. The lowest BCUT2D eigenvalue weighted by molar-refractivity contribution is -0.134. The summed E-state index contributed by atoms with van der Waals surface area (Å²) in [6.45, 7) is 3.73. The van der Waals surface area contributed by atoms with Gasteiger partial charge in [-0.1, -0.05) is 0 Å². The first kappa shape index (κ1) is 10.6. The van der Waals surface area contributed by atoms with Crippen LogP contribution in [-0.2, 0) is 4.79 Å². The number of ketones is 1. The zero-order valence-corrected chi connectivity index (χ0v) is 7.72. The van der Waals surface area contributed by atoms with Gasteiger partial charge in [0.15, 0.2) is 5.78 Å². The molecule has 0 fully saturated rings. The summed E-state index contributed by atoms with van der Waals surface area (Å²) in [6, 6.07) is 0. The van der Waals surface area contributed by atoms with Crippen LogP contribution in [0.4, 0.5) is 0 Å². The summed E-state index contributed by atoms with van der Waals surface area (Å²) < 4.78 is 0. The van der Waals surface area contributed by atoms with Crippen molar-refractivity contribution in [1.29, 1.82) is 0 Å². The highest BCUT2D eigenvalue weighted by Crippen LogP contribution is 2.05. The Balaban J connectivity index is 3.71. The molecular formula is C8H17NO2.